The third-order valence-corrected chi connectivity index (χ3v) is 4.45. The number of amides is 3. The maximum absolute atomic E-state index is 12.6. The predicted octanol–water partition coefficient (Wildman–Crippen LogP) is -3.23. The van der Waals surface area contributed by atoms with Crippen LogP contribution in [-0.4, -0.2) is 77.7 Å². The molecular formula is C20H31N7O6. The molecule has 13 nitrogen and oxygen atoms in total. The number of aliphatic hydroxyl groups excluding tert-OH is 1. The van der Waals surface area contributed by atoms with Gasteiger partial charge in [-0.25, -0.2) is 4.79 Å². The lowest BCUT2D eigenvalue weighted by Gasteiger charge is -2.20. The molecule has 182 valence electrons. The van der Waals surface area contributed by atoms with Crippen LogP contribution in [0.4, 0.5) is 0 Å². The van der Waals surface area contributed by atoms with Crippen molar-refractivity contribution in [1.82, 2.24) is 16.0 Å². The monoisotopic (exact) mass is 465 g/mol. The number of hydrogen-bond donors (Lipinski definition) is 8. The molecule has 13 heteroatoms. The molecule has 0 radical (unpaired) electrons. The standard InChI is InChI=1S/C20H31N7O6/c21-13(11-28)17(30)27-15(9-12-5-2-1-3-6-12)18(31)25-10-16(29)26-14(19(32)33)7-4-8-24-20(22)23/h1-3,5-6,13-15,28H,4,7-11,21H2,(H,25,31)(H,26,29)(H,27,30)(H,32,33)(H4,22,23,24). The van der Waals surface area contributed by atoms with E-state index in [-0.39, 0.29) is 25.3 Å². The van der Waals surface area contributed by atoms with E-state index in [9.17, 15) is 24.3 Å². The van der Waals surface area contributed by atoms with Crippen LogP contribution in [-0.2, 0) is 25.6 Å². The van der Waals surface area contributed by atoms with E-state index in [1.165, 1.54) is 0 Å². The van der Waals surface area contributed by atoms with Gasteiger partial charge in [-0.2, -0.15) is 0 Å². The Kier molecular flexibility index (Phi) is 11.9. The lowest BCUT2D eigenvalue weighted by Crippen LogP contribution is -2.54. The summed E-state index contributed by atoms with van der Waals surface area (Å²) in [5.74, 6) is -3.50. The molecule has 0 aliphatic heterocycles. The van der Waals surface area contributed by atoms with Crippen molar-refractivity contribution in [3.63, 3.8) is 0 Å². The van der Waals surface area contributed by atoms with Crippen LogP contribution in [0, 0.1) is 0 Å². The fourth-order valence-corrected chi connectivity index (χ4v) is 2.72. The van der Waals surface area contributed by atoms with E-state index in [1.807, 2.05) is 0 Å². The zero-order valence-electron chi connectivity index (χ0n) is 18.1. The number of aliphatic imine (C=N–C) groups is 1. The summed E-state index contributed by atoms with van der Waals surface area (Å²) in [6, 6.07) is 5.35. The Hall–Kier alpha value is -3.71. The number of hydrogen-bond acceptors (Lipinski definition) is 7. The van der Waals surface area contributed by atoms with Crippen molar-refractivity contribution >= 4 is 29.7 Å². The zero-order valence-corrected chi connectivity index (χ0v) is 18.1. The number of aliphatic carboxylic acids is 1. The van der Waals surface area contributed by atoms with Crippen molar-refractivity contribution in [2.75, 3.05) is 19.7 Å². The van der Waals surface area contributed by atoms with Gasteiger partial charge in [-0.05, 0) is 18.4 Å². The minimum absolute atomic E-state index is 0.0809. The average Bonchev–Trinajstić information content (AvgIpc) is 2.78. The second kappa shape index (κ2) is 14.4. The second-order valence-corrected chi connectivity index (χ2v) is 7.16. The maximum Gasteiger partial charge on any atom is 0.326 e. The highest BCUT2D eigenvalue weighted by atomic mass is 16.4. The molecule has 0 fully saturated rings. The van der Waals surface area contributed by atoms with Gasteiger partial charge in [0.25, 0.3) is 0 Å². The molecule has 33 heavy (non-hydrogen) atoms. The minimum atomic E-state index is -1.24. The Morgan fingerprint density at radius 2 is 1.67 bits per heavy atom. The molecule has 0 heterocycles. The van der Waals surface area contributed by atoms with Gasteiger partial charge in [-0.3, -0.25) is 19.4 Å². The number of carbonyl (C=O) groups is 4. The highest BCUT2D eigenvalue weighted by molar-refractivity contribution is 5.92. The highest BCUT2D eigenvalue weighted by Crippen LogP contribution is 2.04. The minimum Gasteiger partial charge on any atom is -0.480 e. The van der Waals surface area contributed by atoms with Gasteiger partial charge in [0.1, 0.15) is 18.1 Å². The van der Waals surface area contributed by atoms with E-state index in [0.29, 0.717) is 6.42 Å². The van der Waals surface area contributed by atoms with E-state index in [0.717, 1.165) is 5.56 Å². The summed E-state index contributed by atoms with van der Waals surface area (Å²) >= 11 is 0. The fraction of sp³-hybridized carbons (Fsp3) is 0.450. The van der Waals surface area contributed by atoms with Crippen LogP contribution >= 0.6 is 0 Å². The number of carboxylic acids is 1. The number of nitrogens with one attached hydrogen (secondary N) is 3. The zero-order chi connectivity index (χ0) is 24.8. The van der Waals surface area contributed by atoms with Gasteiger partial charge in [-0.15, -0.1) is 0 Å². The second-order valence-electron chi connectivity index (χ2n) is 7.16. The van der Waals surface area contributed by atoms with Crippen molar-refractivity contribution < 1.29 is 29.4 Å². The van der Waals surface area contributed by atoms with Gasteiger partial charge < -0.3 is 43.4 Å². The van der Waals surface area contributed by atoms with Gasteiger partial charge in [0.15, 0.2) is 5.96 Å². The number of guanidine groups is 1. The number of carboxylic acid groups (broad SMARTS) is 1. The average molecular weight is 466 g/mol. The van der Waals surface area contributed by atoms with E-state index < -0.39 is 55.0 Å². The Labute approximate surface area is 190 Å². The van der Waals surface area contributed by atoms with E-state index in [1.54, 1.807) is 30.3 Å². The van der Waals surface area contributed by atoms with Crippen LogP contribution in [0.5, 0.6) is 0 Å². The van der Waals surface area contributed by atoms with E-state index in [4.69, 9.17) is 22.3 Å². The number of nitrogens with two attached hydrogens (primary N) is 3. The topological polar surface area (TPSA) is 235 Å². The summed E-state index contributed by atoms with van der Waals surface area (Å²) in [7, 11) is 0. The summed E-state index contributed by atoms with van der Waals surface area (Å²) in [4.78, 5) is 52.0. The number of benzene rings is 1. The third-order valence-electron chi connectivity index (χ3n) is 4.45. The van der Waals surface area contributed by atoms with Crippen molar-refractivity contribution in [3.05, 3.63) is 35.9 Å². The first-order valence-electron chi connectivity index (χ1n) is 10.2. The summed E-state index contributed by atoms with van der Waals surface area (Å²) in [6.45, 7) is -0.910. The lowest BCUT2D eigenvalue weighted by molar-refractivity contribution is -0.142. The lowest BCUT2D eigenvalue weighted by atomic mass is 10.0. The van der Waals surface area contributed by atoms with Crippen LogP contribution in [0.15, 0.2) is 35.3 Å². The number of rotatable bonds is 14. The largest absolute Gasteiger partial charge is 0.480 e. The van der Waals surface area contributed by atoms with Crippen molar-refractivity contribution in [2.45, 2.75) is 37.4 Å². The smallest absolute Gasteiger partial charge is 0.326 e. The maximum atomic E-state index is 12.6. The van der Waals surface area contributed by atoms with Crippen molar-refractivity contribution in [1.29, 1.82) is 0 Å². The molecule has 0 saturated carbocycles. The van der Waals surface area contributed by atoms with E-state index in [2.05, 4.69) is 20.9 Å². The van der Waals surface area contributed by atoms with Crippen LogP contribution in [0.1, 0.15) is 18.4 Å². The Balaban J connectivity index is 2.69. The first-order valence-corrected chi connectivity index (χ1v) is 10.2. The number of nitrogens with zero attached hydrogens (tertiary/aromatic N) is 1. The molecule has 1 aromatic rings. The van der Waals surface area contributed by atoms with Crippen LogP contribution in [0.25, 0.3) is 0 Å². The molecule has 3 amide bonds. The number of aliphatic hydroxyl groups is 1. The number of carbonyl (C=O) groups excluding carboxylic acids is 3. The molecule has 0 aromatic heterocycles. The fourth-order valence-electron chi connectivity index (χ4n) is 2.72. The van der Waals surface area contributed by atoms with Gasteiger partial charge in [0, 0.05) is 13.0 Å². The normalized spacial score (nSPS) is 13.2. The van der Waals surface area contributed by atoms with Crippen molar-refractivity contribution in [3.8, 4) is 0 Å². The summed E-state index contributed by atoms with van der Waals surface area (Å²) in [5.41, 5.74) is 16.6. The quantitative estimate of drug-likeness (QED) is 0.0782. The first-order chi connectivity index (χ1) is 15.6. The molecule has 0 aliphatic rings. The van der Waals surface area contributed by atoms with Gasteiger partial charge in [-0.1, -0.05) is 30.3 Å². The molecule has 3 atom stereocenters. The van der Waals surface area contributed by atoms with E-state index >= 15 is 0 Å². The third kappa shape index (κ3) is 10.9. The van der Waals surface area contributed by atoms with Crippen molar-refractivity contribution in [2.24, 2.45) is 22.2 Å². The summed E-state index contributed by atoms with van der Waals surface area (Å²) in [6.07, 6.45) is 0.510. The molecule has 3 unspecified atom stereocenters. The molecular weight excluding hydrogens is 434 g/mol. The molecule has 0 bridgehead atoms. The SMILES string of the molecule is NC(N)=NCCCC(NC(=O)CNC(=O)C(Cc1ccccc1)NC(=O)C(N)CO)C(=O)O. The molecule has 11 N–H and O–H groups in total. The molecule has 1 aromatic carbocycles. The molecule has 0 saturated heterocycles. The Morgan fingerprint density at radius 3 is 2.24 bits per heavy atom. The van der Waals surface area contributed by atoms with Gasteiger partial charge >= 0.3 is 5.97 Å². The molecule has 0 aliphatic carbocycles. The van der Waals surface area contributed by atoms with Gasteiger partial charge in [0.2, 0.25) is 17.7 Å². The first kappa shape index (κ1) is 27.3. The summed E-state index contributed by atoms with van der Waals surface area (Å²) < 4.78 is 0. The predicted molar refractivity (Wildman–Crippen MR) is 120 cm³/mol. The summed E-state index contributed by atoms with van der Waals surface area (Å²) in [5, 5.41) is 25.5. The van der Waals surface area contributed by atoms with Crippen LogP contribution < -0.4 is 33.2 Å². The molecule has 0 spiro atoms. The highest BCUT2D eigenvalue weighted by Gasteiger charge is 2.25. The van der Waals surface area contributed by atoms with Crippen LogP contribution in [0.2, 0.25) is 0 Å². The Bertz CT molecular complexity index is 829. The Morgan fingerprint density at radius 1 is 1.00 bits per heavy atom. The van der Waals surface area contributed by atoms with Gasteiger partial charge in [0.05, 0.1) is 13.2 Å². The molecule has 1 rings (SSSR count). The van der Waals surface area contributed by atoms with Crippen LogP contribution in [0.3, 0.4) is 0 Å².